The van der Waals surface area contributed by atoms with Gasteiger partial charge in [0.2, 0.25) is 5.91 Å². The lowest BCUT2D eigenvalue weighted by atomic mass is 9.85. The van der Waals surface area contributed by atoms with Gasteiger partial charge in [0, 0.05) is 28.6 Å². The van der Waals surface area contributed by atoms with Crippen LogP contribution in [0.25, 0.3) is 0 Å². The zero-order chi connectivity index (χ0) is 18.5. The van der Waals surface area contributed by atoms with Gasteiger partial charge in [0.15, 0.2) is 5.16 Å². The van der Waals surface area contributed by atoms with Crippen LogP contribution in [0.2, 0.25) is 0 Å². The highest BCUT2D eigenvalue weighted by atomic mass is 32.2. The summed E-state index contributed by atoms with van der Waals surface area (Å²) in [5, 5.41) is 0.753. The first kappa shape index (κ1) is 18.4. The minimum Gasteiger partial charge on any atom is -0.273 e. The summed E-state index contributed by atoms with van der Waals surface area (Å²) >= 11 is 1.56. The fraction of sp³-hybridized carbons (Fsp3) is 0.368. The van der Waals surface area contributed by atoms with E-state index in [9.17, 15) is 9.59 Å². The highest BCUT2D eigenvalue weighted by Gasteiger charge is 2.25. The molecule has 1 aliphatic carbocycles. The van der Waals surface area contributed by atoms with Crippen LogP contribution in [0.4, 0.5) is 0 Å². The van der Waals surface area contributed by atoms with Gasteiger partial charge in [-0.25, -0.2) is 9.97 Å². The predicted octanol–water partition coefficient (Wildman–Crippen LogP) is 2.95. The predicted molar refractivity (Wildman–Crippen MR) is 100 cm³/mol. The van der Waals surface area contributed by atoms with Gasteiger partial charge in [0.05, 0.1) is 0 Å². The van der Waals surface area contributed by atoms with Crippen LogP contribution in [-0.2, 0) is 10.5 Å². The molecule has 0 saturated heterocycles. The molecule has 2 N–H and O–H groups in total. The second kappa shape index (κ2) is 8.31. The number of carbonyl (C=O) groups is 2. The zero-order valence-corrected chi connectivity index (χ0v) is 15.7. The Kier molecular flexibility index (Phi) is 5.88. The largest absolute Gasteiger partial charge is 0.273 e. The van der Waals surface area contributed by atoms with E-state index in [1.54, 1.807) is 23.9 Å². The van der Waals surface area contributed by atoms with Crippen LogP contribution < -0.4 is 10.9 Å². The standard InChI is InChI=1S/C19H22N4O2S/c1-12-10-13(2)21-19(20-12)26-11-14-6-8-16(9-7-14)18(25)23-22-17(24)15-4-3-5-15/h6-10,15H,3-5,11H2,1-2H3,(H,22,24)(H,23,25). The number of rotatable bonds is 5. The molecule has 3 rings (SSSR count). The molecule has 6 nitrogen and oxygen atoms in total. The fourth-order valence-electron chi connectivity index (χ4n) is 2.62. The third-order valence-corrected chi connectivity index (χ3v) is 5.24. The minimum absolute atomic E-state index is 0.0437. The number of benzene rings is 1. The molecule has 1 heterocycles. The van der Waals surface area contributed by atoms with Crippen LogP contribution in [0.3, 0.4) is 0 Å². The number of carbonyl (C=O) groups excluding carboxylic acids is 2. The van der Waals surface area contributed by atoms with Crippen molar-refractivity contribution < 1.29 is 9.59 Å². The fourth-order valence-corrected chi connectivity index (χ4v) is 3.53. The smallest absolute Gasteiger partial charge is 0.269 e. The summed E-state index contributed by atoms with van der Waals surface area (Å²) in [5.74, 6) is 0.353. The summed E-state index contributed by atoms with van der Waals surface area (Å²) in [6.45, 7) is 3.91. The number of hydrazine groups is 1. The van der Waals surface area contributed by atoms with Crippen LogP contribution >= 0.6 is 11.8 Å². The highest BCUT2D eigenvalue weighted by Crippen LogP contribution is 2.26. The second-order valence-corrected chi connectivity index (χ2v) is 7.43. The zero-order valence-electron chi connectivity index (χ0n) is 14.9. The maximum absolute atomic E-state index is 12.1. The number of aryl methyl sites for hydroxylation is 2. The molecule has 0 unspecified atom stereocenters. The van der Waals surface area contributed by atoms with Gasteiger partial charge < -0.3 is 0 Å². The lowest BCUT2D eigenvalue weighted by Gasteiger charge is -2.23. The molecule has 26 heavy (non-hydrogen) atoms. The Bertz CT molecular complexity index is 783. The van der Waals surface area contributed by atoms with E-state index < -0.39 is 0 Å². The summed E-state index contributed by atoms with van der Waals surface area (Å²) < 4.78 is 0. The van der Waals surface area contributed by atoms with Crippen LogP contribution in [0, 0.1) is 19.8 Å². The van der Waals surface area contributed by atoms with E-state index in [0.29, 0.717) is 5.56 Å². The monoisotopic (exact) mass is 370 g/mol. The van der Waals surface area contributed by atoms with Crippen LogP contribution in [0.5, 0.6) is 0 Å². The Morgan fingerprint density at radius 3 is 2.31 bits per heavy atom. The number of amides is 2. The van der Waals surface area contributed by atoms with E-state index in [-0.39, 0.29) is 17.7 Å². The van der Waals surface area contributed by atoms with Gasteiger partial charge in [-0.2, -0.15) is 0 Å². The molecule has 0 aliphatic heterocycles. The first-order chi connectivity index (χ1) is 12.5. The van der Waals surface area contributed by atoms with Gasteiger partial charge in [-0.05, 0) is 50.5 Å². The summed E-state index contributed by atoms with van der Waals surface area (Å²) in [7, 11) is 0. The second-order valence-electron chi connectivity index (χ2n) is 6.49. The topological polar surface area (TPSA) is 84.0 Å². The average molecular weight is 370 g/mol. The third-order valence-electron chi connectivity index (χ3n) is 4.32. The van der Waals surface area contributed by atoms with Gasteiger partial charge in [-0.1, -0.05) is 30.3 Å². The molecule has 0 atom stereocenters. The van der Waals surface area contributed by atoms with E-state index in [1.165, 1.54) is 0 Å². The Morgan fingerprint density at radius 2 is 1.73 bits per heavy atom. The summed E-state index contributed by atoms with van der Waals surface area (Å²) in [4.78, 5) is 32.7. The number of hydrogen-bond acceptors (Lipinski definition) is 5. The van der Waals surface area contributed by atoms with Crippen molar-refractivity contribution in [3.8, 4) is 0 Å². The van der Waals surface area contributed by atoms with Crippen molar-refractivity contribution in [2.24, 2.45) is 5.92 Å². The van der Waals surface area contributed by atoms with Gasteiger partial charge in [0.1, 0.15) is 0 Å². The Balaban J connectivity index is 1.50. The molecule has 2 aromatic rings. The molecule has 0 radical (unpaired) electrons. The van der Waals surface area contributed by atoms with E-state index in [0.717, 1.165) is 47.1 Å². The lowest BCUT2D eigenvalue weighted by Crippen LogP contribution is -2.46. The van der Waals surface area contributed by atoms with Crippen molar-refractivity contribution in [1.82, 2.24) is 20.8 Å². The molecule has 1 aliphatic rings. The average Bonchev–Trinajstić information content (AvgIpc) is 2.56. The molecule has 1 aromatic carbocycles. The van der Waals surface area contributed by atoms with Crippen molar-refractivity contribution in [1.29, 1.82) is 0 Å². The number of aromatic nitrogens is 2. The van der Waals surface area contributed by atoms with E-state index in [4.69, 9.17) is 0 Å². The molecule has 136 valence electrons. The number of hydrogen-bond donors (Lipinski definition) is 2. The third kappa shape index (κ3) is 4.82. The van der Waals surface area contributed by atoms with Crippen molar-refractivity contribution in [3.63, 3.8) is 0 Å². The molecule has 2 amide bonds. The number of nitrogens with zero attached hydrogens (tertiary/aromatic N) is 2. The summed E-state index contributed by atoms with van der Waals surface area (Å²) in [6.07, 6.45) is 2.88. The van der Waals surface area contributed by atoms with Crippen molar-refractivity contribution in [2.75, 3.05) is 0 Å². The Hall–Kier alpha value is -2.41. The van der Waals surface area contributed by atoms with Gasteiger partial charge >= 0.3 is 0 Å². The number of thioether (sulfide) groups is 1. The molecular weight excluding hydrogens is 348 g/mol. The van der Waals surface area contributed by atoms with Gasteiger partial charge in [-0.3, -0.25) is 20.4 Å². The van der Waals surface area contributed by atoms with Crippen molar-refractivity contribution >= 4 is 23.6 Å². The Labute approximate surface area is 157 Å². The summed E-state index contributed by atoms with van der Waals surface area (Å²) in [5.41, 5.74) is 8.46. The Morgan fingerprint density at radius 1 is 1.08 bits per heavy atom. The van der Waals surface area contributed by atoms with Crippen molar-refractivity contribution in [2.45, 2.75) is 44.0 Å². The van der Waals surface area contributed by atoms with E-state index in [1.807, 2.05) is 32.0 Å². The van der Waals surface area contributed by atoms with Crippen LogP contribution in [0.1, 0.15) is 46.6 Å². The summed E-state index contributed by atoms with van der Waals surface area (Å²) in [6, 6.07) is 9.25. The van der Waals surface area contributed by atoms with E-state index in [2.05, 4.69) is 20.8 Å². The normalized spacial score (nSPS) is 13.8. The molecule has 7 heteroatoms. The van der Waals surface area contributed by atoms with Crippen LogP contribution in [0.15, 0.2) is 35.5 Å². The van der Waals surface area contributed by atoms with Crippen molar-refractivity contribution in [3.05, 3.63) is 52.8 Å². The lowest BCUT2D eigenvalue weighted by molar-refractivity contribution is -0.128. The van der Waals surface area contributed by atoms with Crippen LogP contribution in [-0.4, -0.2) is 21.8 Å². The van der Waals surface area contributed by atoms with E-state index >= 15 is 0 Å². The van der Waals surface area contributed by atoms with Gasteiger partial charge in [0.25, 0.3) is 5.91 Å². The molecule has 1 saturated carbocycles. The maximum atomic E-state index is 12.1. The maximum Gasteiger partial charge on any atom is 0.269 e. The van der Waals surface area contributed by atoms with Gasteiger partial charge in [-0.15, -0.1) is 0 Å². The molecule has 0 bridgehead atoms. The minimum atomic E-state index is -0.311. The molecular formula is C19H22N4O2S. The molecule has 1 aromatic heterocycles. The highest BCUT2D eigenvalue weighted by molar-refractivity contribution is 7.98. The molecule has 1 fully saturated rings. The quantitative estimate of drug-likeness (QED) is 0.480. The SMILES string of the molecule is Cc1cc(C)nc(SCc2ccc(C(=O)NNC(=O)C3CCC3)cc2)n1. The first-order valence-electron chi connectivity index (χ1n) is 8.65. The number of nitrogens with one attached hydrogen (secondary N) is 2. The first-order valence-corrected chi connectivity index (χ1v) is 9.64. The molecule has 0 spiro atoms.